The van der Waals surface area contributed by atoms with Crippen LogP contribution in [0.4, 0.5) is 5.82 Å². The molecule has 1 atom stereocenters. The lowest BCUT2D eigenvalue weighted by molar-refractivity contribution is 0.208. The van der Waals surface area contributed by atoms with E-state index in [1.54, 1.807) is 7.11 Å². The highest BCUT2D eigenvalue weighted by Crippen LogP contribution is 2.30. The summed E-state index contributed by atoms with van der Waals surface area (Å²) in [6, 6.07) is 7.79. The standard InChI is InChI=1S/C15H19N3O2/c1-20-15-14(18-8-4-5-11(9-18)10-19)16-12-6-2-3-7-13(12)17-15/h2-3,6-7,11,19H,4-5,8-10H2,1H3/t11-/m0/s1. The predicted molar refractivity (Wildman–Crippen MR) is 78.1 cm³/mol. The Labute approximate surface area is 118 Å². The van der Waals surface area contributed by atoms with Gasteiger partial charge in [0.05, 0.1) is 18.1 Å². The molecule has 0 bridgehead atoms. The third-order valence-electron chi connectivity index (χ3n) is 3.79. The van der Waals surface area contributed by atoms with Crippen LogP contribution in [0.2, 0.25) is 0 Å². The Morgan fingerprint density at radius 1 is 1.30 bits per heavy atom. The van der Waals surface area contributed by atoms with E-state index in [4.69, 9.17) is 9.72 Å². The molecule has 1 N–H and O–H groups in total. The lowest BCUT2D eigenvalue weighted by Gasteiger charge is -2.33. The van der Waals surface area contributed by atoms with Gasteiger partial charge in [0.2, 0.25) is 0 Å². The van der Waals surface area contributed by atoms with Crippen LogP contribution in [0.25, 0.3) is 11.0 Å². The van der Waals surface area contributed by atoms with Crippen LogP contribution in [0.15, 0.2) is 24.3 Å². The summed E-state index contributed by atoms with van der Waals surface area (Å²) in [5.41, 5.74) is 1.71. The highest BCUT2D eigenvalue weighted by atomic mass is 16.5. The molecule has 3 rings (SSSR count). The van der Waals surface area contributed by atoms with Crippen LogP contribution in [0.3, 0.4) is 0 Å². The van der Waals surface area contributed by atoms with Crippen LogP contribution in [0, 0.1) is 5.92 Å². The summed E-state index contributed by atoms with van der Waals surface area (Å²) in [4.78, 5) is 11.4. The zero-order valence-corrected chi connectivity index (χ0v) is 11.6. The minimum absolute atomic E-state index is 0.222. The van der Waals surface area contributed by atoms with Gasteiger partial charge in [-0.1, -0.05) is 12.1 Å². The molecule has 1 fully saturated rings. The summed E-state index contributed by atoms with van der Waals surface area (Å²) < 4.78 is 5.40. The topological polar surface area (TPSA) is 58.5 Å². The van der Waals surface area contributed by atoms with Crippen molar-refractivity contribution in [3.05, 3.63) is 24.3 Å². The monoisotopic (exact) mass is 273 g/mol. The molecule has 1 aromatic heterocycles. The molecule has 1 aromatic carbocycles. The molecule has 0 aliphatic carbocycles. The van der Waals surface area contributed by atoms with Crippen molar-refractivity contribution < 1.29 is 9.84 Å². The van der Waals surface area contributed by atoms with Gasteiger partial charge in [-0.25, -0.2) is 9.97 Å². The first-order valence-corrected chi connectivity index (χ1v) is 6.98. The smallest absolute Gasteiger partial charge is 0.257 e. The van der Waals surface area contributed by atoms with Crippen LogP contribution in [-0.4, -0.2) is 41.9 Å². The first-order valence-electron chi connectivity index (χ1n) is 6.98. The Balaban J connectivity index is 2.00. The molecule has 106 valence electrons. The maximum Gasteiger partial charge on any atom is 0.257 e. The van der Waals surface area contributed by atoms with Gasteiger partial charge in [0.15, 0.2) is 5.82 Å². The lowest BCUT2D eigenvalue weighted by atomic mass is 9.99. The summed E-state index contributed by atoms with van der Waals surface area (Å²) in [5.74, 6) is 1.65. The number of methoxy groups -OCH3 is 1. The molecule has 1 saturated heterocycles. The van der Waals surface area contributed by atoms with Crippen LogP contribution >= 0.6 is 0 Å². The lowest BCUT2D eigenvalue weighted by Crippen LogP contribution is -2.37. The molecule has 0 radical (unpaired) electrons. The molecule has 0 amide bonds. The van der Waals surface area contributed by atoms with Crippen molar-refractivity contribution in [3.8, 4) is 5.88 Å². The molecule has 0 saturated carbocycles. The molecular weight excluding hydrogens is 254 g/mol. The van der Waals surface area contributed by atoms with E-state index in [9.17, 15) is 5.11 Å². The van der Waals surface area contributed by atoms with E-state index in [0.29, 0.717) is 11.8 Å². The fourth-order valence-electron chi connectivity index (χ4n) is 2.72. The molecule has 20 heavy (non-hydrogen) atoms. The van der Waals surface area contributed by atoms with E-state index in [1.165, 1.54) is 0 Å². The quantitative estimate of drug-likeness (QED) is 0.924. The number of benzene rings is 1. The number of piperidine rings is 1. The Hall–Kier alpha value is -1.88. The molecule has 2 aromatic rings. The summed E-state index contributed by atoms with van der Waals surface area (Å²) in [6.45, 7) is 1.96. The van der Waals surface area contributed by atoms with Gasteiger partial charge in [-0.2, -0.15) is 0 Å². The number of aromatic nitrogens is 2. The average molecular weight is 273 g/mol. The van der Waals surface area contributed by atoms with Crippen molar-refractivity contribution in [1.82, 2.24) is 9.97 Å². The average Bonchev–Trinajstić information content (AvgIpc) is 2.53. The number of nitrogens with zero attached hydrogens (tertiary/aromatic N) is 3. The number of aliphatic hydroxyl groups is 1. The SMILES string of the molecule is COc1nc2ccccc2nc1N1CCC[C@H](CO)C1. The van der Waals surface area contributed by atoms with Crippen LogP contribution in [0.1, 0.15) is 12.8 Å². The van der Waals surface area contributed by atoms with Gasteiger partial charge in [-0.3, -0.25) is 0 Å². The van der Waals surface area contributed by atoms with E-state index in [1.807, 2.05) is 24.3 Å². The number of anilines is 1. The maximum absolute atomic E-state index is 9.36. The Kier molecular flexibility index (Phi) is 3.69. The zero-order valence-electron chi connectivity index (χ0n) is 11.6. The molecule has 5 nitrogen and oxygen atoms in total. The summed E-state index contributed by atoms with van der Waals surface area (Å²) >= 11 is 0. The highest BCUT2D eigenvalue weighted by molar-refractivity contribution is 5.77. The number of hydrogen-bond donors (Lipinski definition) is 1. The van der Waals surface area contributed by atoms with E-state index in [0.717, 1.165) is 42.8 Å². The van der Waals surface area contributed by atoms with Crippen LogP contribution in [0.5, 0.6) is 5.88 Å². The van der Waals surface area contributed by atoms with Crippen molar-refractivity contribution in [3.63, 3.8) is 0 Å². The molecule has 5 heteroatoms. The first-order chi connectivity index (χ1) is 9.81. The number of hydrogen-bond acceptors (Lipinski definition) is 5. The fourth-order valence-corrected chi connectivity index (χ4v) is 2.72. The van der Waals surface area contributed by atoms with Gasteiger partial charge in [0.25, 0.3) is 5.88 Å². The summed E-state index contributed by atoms with van der Waals surface area (Å²) in [7, 11) is 1.62. The Bertz CT molecular complexity index is 603. The maximum atomic E-state index is 9.36. The van der Waals surface area contributed by atoms with Crippen LogP contribution < -0.4 is 9.64 Å². The van der Waals surface area contributed by atoms with E-state index in [-0.39, 0.29) is 6.61 Å². The first kappa shape index (κ1) is 13.1. The van der Waals surface area contributed by atoms with Gasteiger partial charge in [0, 0.05) is 19.7 Å². The predicted octanol–water partition coefficient (Wildman–Crippen LogP) is 1.85. The normalized spacial score (nSPS) is 19.3. The van der Waals surface area contributed by atoms with Crippen molar-refractivity contribution >= 4 is 16.9 Å². The number of aliphatic hydroxyl groups excluding tert-OH is 1. The molecule has 0 spiro atoms. The summed E-state index contributed by atoms with van der Waals surface area (Å²) in [6.07, 6.45) is 2.12. The van der Waals surface area contributed by atoms with E-state index < -0.39 is 0 Å². The molecule has 1 aliphatic heterocycles. The second-order valence-electron chi connectivity index (χ2n) is 5.18. The van der Waals surface area contributed by atoms with Crippen molar-refractivity contribution in [2.24, 2.45) is 5.92 Å². The van der Waals surface area contributed by atoms with Gasteiger partial charge in [0.1, 0.15) is 0 Å². The van der Waals surface area contributed by atoms with Crippen molar-refractivity contribution in [2.45, 2.75) is 12.8 Å². The fraction of sp³-hybridized carbons (Fsp3) is 0.467. The second kappa shape index (κ2) is 5.63. The van der Waals surface area contributed by atoms with Gasteiger partial charge >= 0.3 is 0 Å². The van der Waals surface area contributed by atoms with Crippen molar-refractivity contribution in [2.75, 3.05) is 31.7 Å². The van der Waals surface area contributed by atoms with E-state index in [2.05, 4.69) is 9.88 Å². The minimum atomic E-state index is 0.222. The third-order valence-corrected chi connectivity index (χ3v) is 3.79. The van der Waals surface area contributed by atoms with E-state index >= 15 is 0 Å². The Morgan fingerprint density at radius 2 is 2.05 bits per heavy atom. The minimum Gasteiger partial charge on any atom is -0.478 e. The van der Waals surface area contributed by atoms with Crippen molar-refractivity contribution in [1.29, 1.82) is 0 Å². The number of para-hydroxylation sites is 2. The largest absolute Gasteiger partial charge is 0.478 e. The third kappa shape index (κ3) is 2.41. The highest BCUT2D eigenvalue weighted by Gasteiger charge is 2.23. The van der Waals surface area contributed by atoms with Crippen LogP contribution in [-0.2, 0) is 0 Å². The number of fused-ring (bicyclic) bond motifs is 1. The van der Waals surface area contributed by atoms with Gasteiger partial charge in [-0.15, -0.1) is 0 Å². The molecular formula is C15H19N3O2. The summed E-state index contributed by atoms with van der Waals surface area (Å²) in [5, 5.41) is 9.36. The number of ether oxygens (including phenoxy) is 1. The van der Waals surface area contributed by atoms with Gasteiger partial charge < -0.3 is 14.7 Å². The second-order valence-corrected chi connectivity index (χ2v) is 5.18. The van der Waals surface area contributed by atoms with Gasteiger partial charge in [-0.05, 0) is 30.9 Å². The molecule has 0 unspecified atom stereocenters. The Morgan fingerprint density at radius 3 is 2.75 bits per heavy atom. The molecule has 1 aliphatic rings. The molecule has 2 heterocycles. The number of rotatable bonds is 3. The zero-order chi connectivity index (χ0) is 13.9.